The third-order valence-electron chi connectivity index (χ3n) is 11.2. The van der Waals surface area contributed by atoms with E-state index in [0.29, 0.717) is 56.2 Å². The lowest BCUT2D eigenvalue weighted by Gasteiger charge is -2.41. The number of halogens is 1. The molecule has 1 fully saturated rings. The second-order valence-electron chi connectivity index (χ2n) is 15.0. The van der Waals surface area contributed by atoms with Gasteiger partial charge in [0.2, 0.25) is 0 Å². The topological polar surface area (TPSA) is 119 Å². The van der Waals surface area contributed by atoms with E-state index in [1.165, 1.54) is 18.2 Å². The molecule has 2 amide bonds. The first-order valence-electron chi connectivity index (χ1n) is 18.2. The molecular formula is C39H49ClN4O7S. The van der Waals surface area contributed by atoms with E-state index >= 15 is 0 Å². The summed E-state index contributed by atoms with van der Waals surface area (Å²) in [7, 11) is 1.48. The minimum atomic E-state index is -3.57. The Morgan fingerprint density at radius 1 is 1.15 bits per heavy atom. The van der Waals surface area contributed by atoms with Crippen molar-refractivity contribution in [2.24, 2.45) is 16.2 Å². The average Bonchev–Trinajstić information content (AvgIpc) is 3.70. The molecular weight excluding hydrogens is 704 g/mol. The van der Waals surface area contributed by atoms with Crippen LogP contribution in [0.2, 0.25) is 5.02 Å². The molecule has 4 aliphatic heterocycles. The quantitative estimate of drug-likeness (QED) is 0.416. The number of nitrogens with zero attached hydrogens (tertiary/aromatic N) is 3. The lowest BCUT2D eigenvalue weighted by Crippen LogP contribution is -2.48. The molecule has 0 saturated carbocycles. The summed E-state index contributed by atoms with van der Waals surface area (Å²) in [5, 5.41) is 0.726. The first kappa shape index (κ1) is 36.9. The fraction of sp³-hybridized carbons (Fsp3) is 0.538. The largest absolute Gasteiger partial charge is 0.490 e. The van der Waals surface area contributed by atoms with Gasteiger partial charge in [0.15, 0.2) is 0 Å². The van der Waals surface area contributed by atoms with Crippen LogP contribution in [-0.2, 0) is 40.8 Å². The lowest BCUT2D eigenvalue weighted by atomic mass is 9.70. The highest BCUT2D eigenvalue weighted by Gasteiger charge is 2.44. The number of likely N-dealkylation sites (N-methyl/N-ethyl adjacent to an activating group) is 1. The minimum Gasteiger partial charge on any atom is -0.490 e. The zero-order chi connectivity index (χ0) is 36.6. The second-order valence-corrected chi connectivity index (χ2v) is 17.5. The number of rotatable bonds is 3. The van der Waals surface area contributed by atoms with Gasteiger partial charge in [-0.25, -0.2) is 4.21 Å². The Balaban J connectivity index is 1.30. The summed E-state index contributed by atoms with van der Waals surface area (Å²) < 4.78 is 46.1. The van der Waals surface area contributed by atoms with Crippen molar-refractivity contribution in [3.8, 4) is 5.75 Å². The zero-order valence-corrected chi connectivity index (χ0v) is 31.9. The normalized spacial score (nSPS) is 32.6. The molecule has 11 nitrogen and oxygen atoms in total. The second kappa shape index (κ2) is 15.1. The van der Waals surface area contributed by atoms with E-state index in [0.717, 1.165) is 36.4 Å². The van der Waals surface area contributed by atoms with Gasteiger partial charge in [-0.05, 0) is 79.5 Å². The summed E-state index contributed by atoms with van der Waals surface area (Å²) in [5.41, 5.74) is 3.57. The molecule has 3 unspecified atom stereocenters. The van der Waals surface area contributed by atoms with Crippen LogP contribution in [0.3, 0.4) is 0 Å². The number of anilines is 1. The van der Waals surface area contributed by atoms with E-state index in [9.17, 15) is 13.8 Å². The van der Waals surface area contributed by atoms with Gasteiger partial charge in [0, 0.05) is 75.6 Å². The summed E-state index contributed by atoms with van der Waals surface area (Å²) in [6.07, 6.45) is 9.03. The number of benzene rings is 2. The molecule has 1 saturated heterocycles. The molecule has 5 aliphatic rings. The van der Waals surface area contributed by atoms with Crippen molar-refractivity contribution in [2.45, 2.75) is 62.8 Å². The fourth-order valence-electron chi connectivity index (χ4n) is 8.59. The lowest BCUT2D eigenvalue weighted by molar-refractivity contribution is -0.115. The smallest absolute Gasteiger partial charge is 0.286 e. The maximum absolute atomic E-state index is 14.6. The molecule has 7 rings (SSSR count). The molecule has 4 heterocycles. The highest BCUT2D eigenvalue weighted by atomic mass is 35.5. The van der Waals surface area contributed by atoms with Crippen LogP contribution in [0, 0.1) is 11.8 Å². The number of nitrogens with one attached hydrogen (secondary N) is 1. The molecule has 13 heteroatoms. The third-order valence-corrected chi connectivity index (χ3v) is 13.4. The SMILES string of the molecule is COC1CN(C)C=C1C(=O)N=S1(=O)C[C@@H](C)C/C=C/C(OC)[C@@H]2OCC[C@H]2CN2C[C@@]3(CCCc4cc(Cl)ccc43)COc3ccc(cc32)C(=O)N1. The van der Waals surface area contributed by atoms with Gasteiger partial charge in [0.05, 0.1) is 29.7 Å². The highest BCUT2D eigenvalue weighted by molar-refractivity contribution is 7.92. The number of methoxy groups -OCH3 is 2. The van der Waals surface area contributed by atoms with Gasteiger partial charge in [-0.15, -0.1) is 4.36 Å². The Bertz CT molecular complexity index is 1890. The van der Waals surface area contributed by atoms with Crippen LogP contribution in [-0.4, -0.2) is 99.1 Å². The molecule has 1 spiro atoms. The van der Waals surface area contributed by atoms with Crippen molar-refractivity contribution < 1.29 is 32.7 Å². The van der Waals surface area contributed by atoms with Gasteiger partial charge in [-0.1, -0.05) is 36.7 Å². The van der Waals surface area contributed by atoms with E-state index in [2.05, 4.69) is 26.1 Å². The molecule has 1 aliphatic carbocycles. The molecule has 0 radical (unpaired) electrons. The van der Waals surface area contributed by atoms with E-state index in [-0.39, 0.29) is 35.2 Å². The number of allylic oxidation sites excluding steroid dienone is 1. The number of hydrogen-bond donors (Lipinski definition) is 1. The van der Waals surface area contributed by atoms with Gasteiger partial charge in [-0.2, -0.15) is 0 Å². The number of aryl methyl sites for hydroxylation is 1. The van der Waals surface area contributed by atoms with Crippen molar-refractivity contribution in [2.75, 3.05) is 64.8 Å². The van der Waals surface area contributed by atoms with Crippen molar-refractivity contribution in [1.29, 1.82) is 0 Å². The molecule has 280 valence electrons. The maximum Gasteiger partial charge on any atom is 0.286 e. The Hall–Kier alpha value is -3.42. The van der Waals surface area contributed by atoms with Crippen LogP contribution in [0.25, 0.3) is 0 Å². The van der Waals surface area contributed by atoms with E-state index in [1.54, 1.807) is 19.4 Å². The number of carbonyl (C=O) groups excluding carboxylic acids is 2. The van der Waals surface area contributed by atoms with Crippen molar-refractivity contribution in [3.63, 3.8) is 0 Å². The minimum absolute atomic E-state index is 0.0259. The van der Waals surface area contributed by atoms with Crippen molar-refractivity contribution in [3.05, 3.63) is 82.0 Å². The zero-order valence-electron chi connectivity index (χ0n) is 30.3. The monoisotopic (exact) mass is 752 g/mol. The summed E-state index contributed by atoms with van der Waals surface area (Å²) in [5.74, 6) is -0.628. The highest BCUT2D eigenvalue weighted by Crippen LogP contribution is 2.45. The molecule has 2 aromatic carbocycles. The summed E-state index contributed by atoms with van der Waals surface area (Å²) in [6.45, 7) is 4.83. The van der Waals surface area contributed by atoms with E-state index in [4.69, 9.17) is 30.5 Å². The summed E-state index contributed by atoms with van der Waals surface area (Å²) in [4.78, 5) is 31.8. The van der Waals surface area contributed by atoms with Crippen LogP contribution in [0.4, 0.5) is 5.69 Å². The molecule has 52 heavy (non-hydrogen) atoms. The van der Waals surface area contributed by atoms with Gasteiger partial charge in [0.25, 0.3) is 11.8 Å². The van der Waals surface area contributed by atoms with E-state index < -0.39 is 27.8 Å². The van der Waals surface area contributed by atoms with Gasteiger partial charge in [-0.3, -0.25) is 14.3 Å². The molecule has 2 aromatic rings. The molecule has 7 atom stereocenters. The number of carbonyl (C=O) groups is 2. The van der Waals surface area contributed by atoms with Crippen molar-refractivity contribution >= 4 is 39.0 Å². The number of fused-ring (bicyclic) bond motifs is 4. The van der Waals surface area contributed by atoms with E-state index in [1.807, 2.05) is 49.2 Å². The summed E-state index contributed by atoms with van der Waals surface area (Å²) in [6, 6.07) is 11.5. The van der Waals surface area contributed by atoms with Crippen LogP contribution in [0.1, 0.15) is 54.1 Å². The Morgan fingerprint density at radius 2 is 2.00 bits per heavy atom. The van der Waals surface area contributed by atoms with Crippen LogP contribution in [0.15, 0.2) is 64.7 Å². The first-order valence-corrected chi connectivity index (χ1v) is 20.2. The predicted octanol–water partition coefficient (Wildman–Crippen LogP) is 5.31. The molecule has 2 bridgehead atoms. The molecule has 0 aromatic heterocycles. The molecule has 1 N–H and O–H groups in total. The maximum atomic E-state index is 14.6. The van der Waals surface area contributed by atoms with Crippen LogP contribution in [0.5, 0.6) is 5.75 Å². The Kier molecular flexibility index (Phi) is 10.7. The number of ether oxygens (including phenoxy) is 4. The van der Waals surface area contributed by atoms with Gasteiger partial charge in [0.1, 0.15) is 27.9 Å². The van der Waals surface area contributed by atoms with Gasteiger partial charge < -0.3 is 28.7 Å². The standard InChI is InChI=1S/C39H49ClN4O7S/c1-25-7-5-9-34(48-3)36-28(14-16-50-36)19-44-23-39(15-6-8-26-17-29(40)11-12-31(26)39)24-51-33-13-10-27(18-32(33)44)37(45)41-52(47,22-25)42-38(46)30-20-43(2)21-35(30)49-4/h5,9-13,17-18,20,25,28,34-36H,6-8,14-16,19,21-24H2,1-4H3,(H,41,42,45,46,47)/b9-5+/t25-,28-,34?,35?,36+,39-,52?/m0/s1. The average molecular weight is 753 g/mol. The third kappa shape index (κ3) is 7.50. The van der Waals surface area contributed by atoms with Crippen LogP contribution < -0.4 is 14.4 Å². The number of amides is 2. The Labute approximate surface area is 311 Å². The van der Waals surface area contributed by atoms with Crippen LogP contribution >= 0.6 is 11.6 Å². The number of hydrogen-bond acceptors (Lipinski definition) is 9. The predicted molar refractivity (Wildman–Crippen MR) is 201 cm³/mol. The summed E-state index contributed by atoms with van der Waals surface area (Å²) >= 11 is 6.46. The van der Waals surface area contributed by atoms with Crippen molar-refractivity contribution in [1.82, 2.24) is 9.62 Å². The van der Waals surface area contributed by atoms with Gasteiger partial charge >= 0.3 is 0 Å². The first-order chi connectivity index (χ1) is 25.0. The fourth-order valence-corrected chi connectivity index (χ4v) is 10.7. The Morgan fingerprint density at radius 3 is 2.81 bits per heavy atom.